The summed E-state index contributed by atoms with van der Waals surface area (Å²) in [6, 6.07) is 8.29. The lowest BCUT2D eigenvalue weighted by Gasteiger charge is -2.33. The second kappa shape index (κ2) is 7.02. The van der Waals surface area contributed by atoms with E-state index in [1.54, 1.807) is 0 Å². The van der Waals surface area contributed by atoms with Gasteiger partial charge >= 0.3 is 0 Å². The highest BCUT2D eigenvalue weighted by molar-refractivity contribution is 9.09. The van der Waals surface area contributed by atoms with E-state index in [9.17, 15) is 0 Å². The molecule has 1 nitrogen and oxygen atoms in total. The van der Waals surface area contributed by atoms with Gasteiger partial charge in [-0.1, -0.05) is 58.9 Å². The smallest absolute Gasteiger partial charge is 0.0687 e. The predicted molar refractivity (Wildman–Crippen MR) is 92.5 cm³/mol. The van der Waals surface area contributed by atoms with Crippen LogP contribution in [0, 0.1) is 0 Å². The van der Waals surface area contributed by atoms with Gasteiger partial charge in [0.1, 0.15) is 0 Å². The fourth-order valence-electron chi connectivity index (χ4n) is 3.97. The zero-order chi connectivity index (χ0) is 14.7. The summed E-state index contributed by atoms with van der Waals surface area (Å²) in [6.07, 6.45) is 10.7. The second-order valence-corrected chi connectivity index (χ2v) is 7.74. The summed E-state index contributed by atoms with van der Waals surface area (Å²) in [5.74, 6) is 0.519. The average molecular weight is 372 g/mol. The fraction of sp³-hybridized carbons (Fsp3) is 0.667. The Morgan fingerprint density at radius 1 is 1.14 bits per heavy atom. The van der Waals surface area contributed by atoms with Crippen molar-refractivity contribution < 1.29 is 4.74 Å². The first-order valence-electron chi connectivity index (χ1n) is 8.20. The number of ether oxygens (including phenoxy) is 1. The third-order valence-electron chi connectivity index (χ3n) is 5.18. The van der Waals surface area contributed by atoms with E-state index >= 15 is 0 Å². The first-order valence-corrected chi connectivity index (χ1v) is 9.70. The van der Waals surface area contributed by atoms with Crippen molar-refractivity contribution in [3.8, 4) is 0 Å². The first kappa shape index (κ1) is 15.8. The van der Waals surface area contributed by atoms with E-state index in [4.69, 9.17) is 16.3 Å². The van der Waals surface area contributed by atoms with Crippen molar-refractivity contribution >= 4 is 27.5 Å². The summed E-state index contributed by atoms with van der Waals surface area (Å²) in [7, 11) is 0. The van der Waals surface area contributed by atoms with Gasteiger partial charge in [-0.2, -0.15) is 0 Å². The lowest BCUT2D eigenvalue weighted by Crippen LogP contribution is -2.32. The molecule has 2 aliphatic rings. The van der Waals surface area contributed by atoms with E-state index < -0.39 is 0 Å². The number of alkyl halides is 1. The summed E-state index contributed by atoms with van der Waals surface area (Å²) in [5.41, 5.74) is 1.60. The predicted octanol–water partition coefficient (Wildman–Crippen LogP) is 6.09. The van der Waals surface area contributed by atoms with Gasteiger partial charge in [0.25, 0.3) is 0 Å². The van der Waals surface area contributed by atoms with Crippen LogP contribution in [0.3, 0.4) is 0 Å². The molecule has 116 valence electrons. The van der Waals surface area contributed by atoms with Crippen LogP contribution in [0.2, 0.25) is 5.02 Å². The summed E-state index contributed by atoms with van der Waals surface area (Å²) in [5, 5.41) is 1.80. The number of rotatable bonds is 4. The van der Waals surface area contributed by atoms with Gasteiger partial charge in [0.2, 0.25) is 0 Å². The lowest BCUT2D eigenvalue weighted by atomic mass is 9.83. The summed E-state index contributed by atoms with van der Waals surface area (Å²) >= 11 is 9.67. The van der Waals surface area contributed by atoms with Gasteiger partial charge in [-0.3, -0.25) is 0 Å². The Balaban J connectivity index is 1.61. The fourth-order valence-corrected chi connectivity index (χ4v) is 4.73. The molecule has 0 N–H and O–H groups in total. The molecule has 1 aliphatic heterocycles. The maximum absolute atomic E-state index is 6.52. The molecule has 1 aromatic carbocycles. The number of hydrogen-bond donors (Lipinski definition) is 0. The van der Waals surface area contributed by atoms with Gasteiger partial charge in [0, 0.05) is 10.4 Å². The van der Waals surface area contributed by atoms with Gasteiger partial charge in [0.05, 0.1) is 11.7 Å². The Morgan fingerprint density at radius 3 is 2.52 bits per heavy atom. The Bertz CT molecular complexity index is 453. The van der Waals surface area contributed by atoms with Gasteiger partial charge in [-0.15, -0.1) is 0 Å². The molecule has 1 saturated heterocycles. The topological polar surface area (TPSA) is 9.23 Å². The Kier molecular flexibility index (Phi) is 5.29. The van der Waals surface area contributed by atoms with Gasteiger partial charge in [-0.05, 0) is 55.7 Å². The van der Waals surface area contributed by atoms with Crippen molar-refractivity contribution in [2.75, 3.05) is 5.33 Å². The van der Waals surface area contributed by atoms with E-state index in [1.807, 2.05) is 12.1 Å². The second-order valence-electron chi connectivity index (χ2n) is 6.66. The third-order valence-corrected chi connectivity index (χ3v) is 6.21. The average Bonchev–Trinajstić information content (AvgIpc) is 2.89. The SMILES string of the molecule is Clc1ccc(C(CBr)CC2CCC3(CCCCC3)O2)cc1. The molecule has 0 aromatic heterocycles. The van der Waals surface area contributed by atoms with Crippen molar-refractivity contribution in [3.63, 3.8) is 0 Å². The van der Waals surface area contributed by atoms with Crippen LogP contribution >= 0.6 is 27.5 Å². The van der Waals surface area contributed by atoms with E-state index in [1.165, 1.54) is 50.5 Å². The molecule has 0 amide bonds. The maximum atomic E-state index is 6.52. The normalized spacial score (nSPS) is 26.1. The number of benzene rings is 1. The largest absolute Gasteiger partial charge is 0.372 e. The molecule has 0 bridgehead atoms. The van der Waals surface area contributed by atoms with Gasteiger partial charge in [-0.25, -0.2) is 0 Å². The lowest BCUT2D eigenvalue weighted by molar-refractivity contribution is -0.0668. The Hall–Kier alpha value is -0.0500. The highest BCUT2D eigenvalue weighted by atomic mass is 79.9. The van der Waals surface area contributed by atoms with Crippen molar-refractivity contribution in [3.05, 3.63) is 34.9 Å². The quantitative estimate of drug-likeness (QED) is 0.582. The number of hydrogen-bond acceptors (Lipinski definition) is 1. The molecule has 1 heterocycles. The van der Waals surface area contributed by atoms with Crippen LogP contribution in [0.1, 0.15) is 62.8 Å². The molecule has 2 unspecified atom stereocenters. The van der Waals surface area contributed by atoms with Crippen molar-refractivity contribution in [1.29, 1.82) is 0 Å². The van der Waals surface area contributed by atoms with Crippen LogP contribution in [-0.2, 0) is 4.74 Å². The van der Waals surface area contributed by atoms with Crippen LogP contribution in [0.5, 0.6) is 0 Å². The van der Waals surface area contributed by atoms with Crippen LogP contribution in [-0.4, -0.2) is 17.0 Å². The Labute approximate surface area is 141 Å². The molecule has 1 aromatic rings. The molecule has 1 spiro atoms. The highest BCUT2D eigenvalue weighted by Crippen LogP contribution is 2.44. The monoisotopic (exact) mass is 370 g/mol. The summed E-state index contributed by atoms with van der Waals surface area (Å²) in [4.78, 5) is 0. The molecule has 1 saturated carbocycles. The molecule has 1 aliphatic carbocycles. The van der Waals surface area contributed by atoms with E-state index in [2.05, 4.69) is 28.1 Å². The zero-order valence-corrected chi connectivity index (χ0v) is 14.8. The van der Waals surface area contributed by atoms with Crippen LogP contribution in [0.25, 0.3) is 0 Å². The maximum Gasteiger partial charge on any atom is 0.0687 e. The molecule has 0 radical (unpaired) electrons. The third kappa shape index (κ3) is 3.83. The Morgan fingerprint density at radius 2 is 1.86 bits per heavy atom. The first-order chi connectivity index (χ1) is 10.2. The van der Waals surface area contributed by atoms with E-state index in [0.29, 0.717) is 12.0 Å². The minimum atomic E-state index is 0.236. The minimum absolute atomic E-state index is 0.236. The van der Waals surface area contributed by atoms with Crippen molar-refractivity contribution in [1.82, 2.24) is 0 Å². The summed E-state index contributed by atoms with van der Waals surface area (Å²) in [6.45, 7) is 0. The number of halogens is 2. The molecular formula is C18H24BrClO. The molecule has 21 heavy (non-hydrogen) atoms. The van der Waals surface area contributed by atoms with Crippen LogP contribution in [0.4, 0.5) is 0 Å². The van der Waals surface area contributed by atoms with Gasteiger partial charge < -0.3 is 4.74 Å². The molecule has 3 heteroatoms. The highest BCUT2D eigenvalue weighted by Gasteiger charge is 2.41. The van der Waals surface area contributed by atoms with E-state index in [-0.39, 0.29) is 5.60 Å². The standard InChI is InChI=1S/C18H24BrClO/c19-13-15(14-4-6-16(20)7-5-14)12-17-8-11-18(21-17)9-2-1-3-10-18/h4-7,15,17H,1-3,8-13H2. The molecule has 2 fully saturated rings. The van der Waals surface area contributed by atoms with Crippen molar-refractivity contribution in [2.24, 2.45) is 0 Å². The van der Waals surface area contributed by atoms with E-state index in [0.717, 1.165) is 16.8 Å². The van der Waals surface area contributed by atoms with Crippen molar-refractivity contribution in [2.45, 2.75) is 69.0 Å². The zero-order valence-electron chi connectivity index (χ0n) is 12.5. The minimum Gasteiger partial charge on any atom is -0.372 e. The summed E-state index contributed by atoms with van der Waals surface area (Å²) < 4.78 is 6.52. The molecule has 2 atom stereocenters. The van der Waals surface area contributed by atoms with Crippen LogP contribution < -0.4 is 0 Å². The van der Waals surface area contributed by atoms with Gasteiger partial charge in [0.15, 0.2) is 0 Å². The molecule has 3 rings (SSSR count). The molecular weight excluding hydrogens is 348 g/mol. The van der Waals surface area contributed by atoms with Crippen LogP contribution in [0.15, 0.2) is 24.3 Å².